The maximum Gasteiger partial charge on any atom is 0.192 e. The standard InChI is InChI=1S/C30H64O11Si/c1-7-8-9-31-10-11-32-12-13-33-14-15-34-16-17-35-18-19-36-20-21-37-22-23-38-24-25-39-26-27-40-28-29-41-42(5,6)30(2,3)4/h7-29H2,1-6H3. The molecule has 11 nitrogen and oxygen atoms in total. The average Bonchev–Trinajstić information content (AvgIpc) is 2.95. The first-order valence-electron chi connectivity index (χ1n) is 15.7. The maximum atomic E-state index is 6.08. The monoisotopic (exact) mass is 628 g/mol. The van der Waals surface area contributed by atoms with Gasteiger partial charge in [-0.2, -0.15) is 0 Å². The van der Waals surface area contributed by atoms with Crippen LogP contribution >= 0.6 is 0 Å². The van der Waals surface area contributed by atoms with E-state index in [0.717, 1.165) is 19.4 Å². The van der Waals surface area contributed by atoms with Gasteiger partial charge in [-0.05, 0) is 24.6 Å². The van der Waals surface area contributed by atoms with Gasteiger partial charge in [-0.15, -0.1) is 0 Å². The lowest BCUT2D eigenvalue weighted by atomic mass is 10.2. The van der Waals surface area contributed by atoms with Gasteiger partial charge in [0.25, 0.3) is 0 Å². The molecule has 0 unspecified atom stereocenters. The molecule has 0 fully saturated rings. The maximum absolute atomic E-state index is 6.08. The Morgan fingerprint density at radius 1 is 0.357 bits per heavy atom. The summed E-state index contributed by atoms with van der Waals surface area (Å²) in [7, 11) is -1.69. The van der Waals surface area contributed by atoms with E-state index < -0.39 is 8.32 Å². The molecule has 0 aliphatic carbocycles. The minimum atomic E-state index is -1.69. The van der Waals surface area contributed by atoms with E-state index in [9.17, 15) is 0 Å². The van der Waals surface area contributed by atoms with Crippen LogP contribution in [0.25, 0.3) is 0 Å². The Hall–Kier alpha value is -0.223. The molecule has 42 heavy (non-hydrogen) atoms. The van der Waals surface area contributed by atoms with Crippen LogP contribution in [0.1, 0.15) is 40.5 Å². The smallest absolute Gasteiger partial charge is 0.192 e. The summed E-state index contributed by atoms with van der Waals surface area (Å²) in [5, 5.41) is 0.221. The van der Waals surface area contributed by atoms with Crippen LogP contribution in [0, 0.1) is 0 Å². The first-order chi connectivity index (χ1) is 20.3. The van der Waals surface area contributed by atoms with Crippen LogP contribution in [0.2, 0.25) is 18.1 Å². The Bertz CT molecular complexity index is 536. The first-order valence-corrected chi connectivity index (χ1v) is 18.6. The zero-order valence-corrected chi connectivity index (χ0v) is 28.8. The molecule has 0 aromatic rings. The molecule has 0 saturated carbocycles. The SMILES string of the molecule is CCCCOCCOCCOCCOCCOCCOCCOCCOCCOCCOCCO[Si](C)(C)C(C)(C)C. The van der Waals surface area contributed by atoms with Gasteiger partial charge >= 0.3 is 0 Å². The predicted molar refractivity (Wildman–Crippen MR) is 166 cm³/mol. The summed E-state index contributed by atoms with van der Waals surface area (Å²) in [6.45, 7) is 25.3. The lowest BCUT2D eigenvalue weighted by Gasteiger charge is -2.36. The topological polar surface area (TPSA) is 102 Å². The van der Waals surface area contributed by atoms with E-state index in [0.29, 0.717) is 132 Å². The highest BCUT2D eigenvalue weighted by molar-refractivity contribution is 6.74. The molecule has 0 radical (unpaired) electrons. The zero-order chi connectivity index (χ0) is 31.0. The molecular weight excluding hydrogens is 564 g/mol. The van der Waals surface area contributed by atoms with Gasteiger partial charge in [0.05, 0.1) is 132 Å². The normalized spacial score (nSPS) is 12.4. The fraction of sp³-hybridized carbons (Fsp3) is 1.00. The minimum absolute atomic E-state index is 0.221. The summed E-state index contributed by atoms with van der Waals surface area (Å²) >= 11 is 0. The van der Waals surface area contributed by atoms with Crippen molar-refractivity contribution in [2.75, 3.05) is 139 Å². The highest BCUT2D eigenvalue weighted by Gasteiger charge is 2.36. The molecule has 0 bridgehead atoms. The summed E-state index contributed by atoms with van der Waals surface area (Å²) in [4.78, 5) is 0. The van der Waals surface area contributed by atoms with Gasteiger partial charge < -0.3 is 51.8 Å². The van der Waals surface area contributed by atoms with Crippen molar-refractivity contribution in [3.05, 3.63) is 0 Å². The highest BCUT2D eigenvalue weighted by Crippen LogP contribution is 2.36. The number of ether oxygens (including phenoxy) is 10. The van der Waals surface area contributed by atoms with Crippen LogP contribution in [-0.4, -0.2) is 147 Å². The molecule has 0 heterocycles. The van der Waals surface area contributed by atoms with Crippen LogP contribution in [0.3, 0.4) is 0 Å². The van der Waals surface area contributed by atoms with Crippen molar-refractivity contribution in [1.29, 1.82) is 0 Å². The van der Waals surface area contributed by atoms with Gasteiger partial charge in [0.1, 0.15) is 0 Å². The number of rotatable bonds is 34. The van der Waals surface area contributed by atoms with E-state index in [1.807, 2.05) is 0 Å². The highest BCUT2D eigenvalue weighted by atomic mass is 28.4. The van der Waals surface area contributed by atoms with Crippen molar-refractivity contribution >= 4 is 8.32 Å². The molecule has 0 aliphatic heterocycles. The Morgan fingerprint density at radius 3 is 0.786 bits per heavy atom. The molecule has 0 rings (SSSR count). The van der Waals surface area contributed by atoms with Gasteiger partial charge in [-0.1, -0.05) is 34.1 Å². The van der Waals surface area contributed by atoms with E-state index in [1.54, 1.807) is 0 Å². The van der Waals surface area contributed by atoms with Crippen molar-refractivity contribution in [3.8, 4) is 0 Å². The second kappa shape index (κ2) is 30.8. The van der Waals surface area contributed by atoms with Crippen molar-refractivity contribution in [2.45, 2.75) is 58.7 Å². The van der Waals surface area contributed by atoms with E-state index in [1.165, 1.54) is 0 Å². The van der Waals surface area contributed by atoms with Crippen LogP contribution in [0.15, 0.2) is 0 Å². The minimum Gasteiger partial charge on any atom is -0.414 e. The average molecular weight is 629 g/mol. The van der Waals surface area contributed by atoms with Crippen molar-refractivity contribution < 1.29 is 51.8 Å². The first kappa shape index (κ1) is 41.8. The van der Waals surface area contributed by atoms with Crippen LogP contribution < -0.4 is 0 Å². The van der Waals surface area contributed by atoms with Gasteiger partial charge in [0.15, 0.2) is 8.32 Å². The van der Waals surface area contributed by atoms with E-state index in [2.05, 4.69) is 40.8 Å². The quantitative estimate of drug-likeness (QED) is 0.0764. The Kier molecular flexibility index (Phi) is 30.6. The predicted octanol–water partition coefficient (Wildman–Crippen LogP) is 3.97. The molecule has 0 amide bonds. The summed E-state index contributed by atoms with van der Waals surface area (Å²) in [6, 6.07) is 0. The Morgan fingerprint density at radius 2 is 0.571 bits per heavy atom. The molecule has 12 heteroatoms. The summed E-state index contributed by atoms with van der Waals surface area (Å²) < 4.78 is 60.9. The number of hydrogen-bond donors (Lipinski definition) is 0. The third kappa shape index (κ3) is 29.8. The summed E-state index contributed by atoms with van der Waals surface area (Å²) in [6.07, 6.45) is 2.25. The molecular formula is C30H64O11Si. The molecule has 0 spiro atoms. The Balaban J connectivity index is 3.12. The molecule has 254 valence electrons. The number of hydrogen-bond acceptors (Lipinski definition) is 11. The van der Waals surface area contributed by atoms with E-state index >= 15 is 0 Å². The summed E-state index contributed by atoms with van der Waals surface area (Å²) in [5.74, 6) is 0. The molecule has 0 N–H and O–H groups in total. The van der Waals surface area contributed by atoms with Crippen molar-refractivity contribution in [1.82, 2.24) is 0 Å². The lowest BCUT2D eigenvalue weighted by Crippen LogP contribution is -2.41. The van der Waals surface area contributed by atoms with Crippen LogP contribution in [-0.2, 0) is 51.8 Å². The Labute approximate surface area is 257 Å². The third-order valence-corrected chi connectivity index (χ3v) is 11.0. The second-order valence-corrected chi connectivity index (χ2v) is 15.9. The van der Waals surface area contributed by atoms with Crippen molar-refractivity contribution in [2.24, 2.45) is 0 Å². The van der Waals surface area contributed by atoms with Gasteiger partial charge in [0.2, 0.25) is 0 Å². The molecule has 0 saturated heterocycles. The van der Waals surface area contributed by atoms with Gasteiger partial charge in [0, 0.05) is 6.61 Å². The van der Waals surface area contributed by atoms with Crippen molar-refractivity contribution in [3.63, 3.8) is 0 Å². The molecule has 0 atom stereocenters. The van der Waals surface area contributed by atoms with E-state index in [-0.39, 0.29) is 5.04 Å². The van der Waals surface area contributed by atoms with Crippen LogP contribution in [0.4, 0.5) is 0 Å². The fourth-order valence-corrected chi connectivity index (χ4v) is 3.93. The van der Waals surface area contributed by atoms with Crippen LogP contribution in [0.5, 0.6) is 0 Å². The molecule has 0 aromatic carbocycles. The van der Waals surface area contributed by atoms with Gasteiger partial charge in [-0.3, -0.25) is 0 Å². The van der Waals surface area contributed by atoms with Gasteiger partial charge in [-0.25, -0.2) is 0 Å². The largest absolute Gasteiger partial charge is 0.414 e. The second-order valence-electron chi connectivity index (χ2n) is 11.1. The zero-order valence-electron chi connectivity index (χ0n) is 27.8. The fourth-order valence-electron chi connectivity index (χ4n) is 2.90. The summed E-state index contributed by atoms with van der Waals surface area (Å²) in [5.41, 5.74) is 0. The lowest BCUT2D eigenvalue weighted by molar-refractivity contribution is -0.0267. The molecule has 0 aliphatic rings. The third-order valence-electron chi connectivity index (χ3n) is 6.49. The van der Waals surface area contributed by atoms with E-state index in [4.69, 9.17) is 51.8 Å². The molecule has 0 aromatic heterocycles. The number of unbranched alkanes of at least 4 members (excludes halogenated alkanes) is 1.